The van der Waals surface area contributed by atoms with Crippen LogP contribution in [-0.4, -0.2) is 34.6 Å². The van der Waals surface area contributed by atoms with E-state index >= 15 is 0 Å². The van der Waals surface area contributed by atoms with Crippen molar-refractivity contribution in [3.63, 3.8) is 0 Å². The van der Waals surface area contributed by atoms with Crippen LogP contribution >= 0.6 is 34.2 Å². The Kier molecular flexibility index (Phi) is 7.61. The second-order valence-electron chi connectivity index (χ2n) is 9.01. The van der Waals surface area contributed by atoms with Crippen LogP contribution < -0.4 is 15.2 Å². The zero-order valence-electron chi connectivity index (χ0n) is 19.7. The number of hydrogen-bond acceptors (Lipinski definition) is 4. The van der Waals surface area contributed by atoms with Crippen molar-refractivity contribution < 1.29 is 13.2 Å². The molecule has 1 N–H and O–H groups in total. The van der Waals surface area contributed by atoms with E-state index in [1.165, 1.54) is 0 Å². The molecule has 1 aromatic heterocycles. The molecule has 3 atom stereocenters. The summed E-state index contributed by atoms with van der Waals surface area (Å²) in [7, 11) is -1.87. The second-order valence-corrected chi connectivity index (χ2v) is 13.4. The van der Waals surface area contributed by atoms with Gasteiger partial charge in [-0.3, -0.25) is 9.59 Å². The molecule has 2 aromatic carbocycles. The number of alkyl halides is 1. The minimum absolute atomic E-state index is 0.0112. The number of nitrogens with zero attached hydrogens (tertiary/aromatic N) is 2. The molecule has 0 bridgehead atoms. The number of carbonyl (C=O) groups excluding carboxylic acids is 1. The summed E-state index contributed by atoms with van der Waals surface area (Å²) in [6, 6.07) is 13.2. The number of rotatable bonds is 6. The average Bonchev–Trinajstić information content (AvgIpc) is 2.78. The van der Waals surface area contributed by atoms with E-state index in [4.69, 9.17) is 11.6 Å². The lowest BCUT2D eigenvalue weighted by Crippen LogP contribution is -2.53. The highest BCUT2D eigenvalue weighted by Crippen LogP contribution is 2.38. The molecule has 1 fully saturated rings. The lowest BCUT2D eigenvalue weighted by Gasteiger charge is -2.41. The van der Waals surface area contributed by atoms with Gasteiger partial charge in [-0.2, -0.15) is 0 Å². The first kappa shape index (κ1) is 26.1. The normalized spacial score (nSPS) is 19.8. The van der Waals surface area contributed by atoms with E-state index < -0.39 is 22.1 Å². The summed E-state index contributed by atoms with van der Waals surface area (Å²) in [4.78, 5) is 27.4. The van der Waals surface area contributed by atoms with Crippen LogP contribution in [0.25, 0.3) is 10.9 Å². The van der Waals surface area contributed by atoms with Gasteiger partial charge < -0.3 is 9.47 Å². The van der Waals surface area contributed by atoms with Gasteiger partial charge in [0, 0.05) is 45.6 Å². The quantitative estimate of drug-likeness (QED) is 0.323. The highest BCUT2D eigenvalue weighted by atomic mass is 127. The zero-order valence-corrected chi connectivity index (χ0v) is 23.4. The number of sulfonamides is 1. The van der Waals surface area contributed by atoms with Crippen LogP contribution in [0.1, 0.15) is 36.9 Å². The predicted molar refractivity (Wildman–Crippen MR) is 149 cm³/mol. The third-order valence-electron chi connectivity index (χ3n) is 6.30. The van der Waals surface area contributed by atoms with Gasteiger partial charge in [-0.15, -0.1) is 0 Å². The number of anilines is 1. The summed E-state index contributed by atoms with van der Waals surface area (Å²) >= 11 is 8.21. The Labute approximate surface area is 223 Å². The molecule has 1 unspecified atom stereocenters. The van der Waals surface area contributed by atoms with Crippen molar-refractivity contribution in [2.75, 3.05) is 10.7 Å². The molecule has 0 aliphatic carbocycles. The molecule has 186 valence electrons. The van der Waals surface area contributed by atoms with Gasteiger partial charge in [0.05, 0.1) is 17.3 Å². The fraction of sp³-hybridized carbons (Fsp3) is 0.360. The van der Waals surface area contributed by atoms with Crippen LogP contribution in [0.5, 0.6) is 0 Å². The smallest absolute Gasteiger partial charge is 0.251 e. The summed E-state index contributed by atoms with van der Waals surface area (Å²) < 4.78 is 30.1. The molecule has 2 heterocycles. The molecule has 1 saturated heterocycles. The number of pyridine rings is 1. The van der Waals surface area contributed by atoms with Crippen molar-refractivity contribution in [1.82, 2.24) is 9.29 Å². The molecule has 4 rings (SSSR count). The van der Waals surface area contributed by atoms with Crippen LogP contribution in [0, 0.1) is 6.92 Å². The largest absolute Gasteiger partial charge is 0.311 e. The molecule has 1 amide bonds. The van der Waals surface area contributed by atoms with E-state index in [1.54, 1.807) is 34.7 Å². The summed E-state index contributed by atoms with van der Waals surface area (Å²) in [6.07, 6.45) is 0.574. The molecular weight excluding hydrogens is 601 g/mol. The van der Waals surface area contributed by atoms with Crippen molar-refractivity contribution in [3.05, 3.63) is 75.0 Å². The van der Waals surface area contributed by atoms with Crippen LogP contribution in [0.4, 0.5) is 5.69 Å². The van der Waals surface area contributed by atoms with E-state index in [0.717, 1.165) is 16.5 Å². The number of amides is 1. The SMILES string of the molecule is Cc1cc(=O)n(C)c2cc(N3C(=O)CC[C@H](NS(=O)(=O)CC(C)I)[C@H]3c3ccc(Cl)cc3)ccc12. The summed E-state index contributed by atoms with van der Waals surface area (Å²) in [5, 5.41) is 1.46. The van der Waals surface area contributed by atoms with Gasteiger partial charge in [-0.25, -0.2) is 13.1 Å². The van der Waals surface area contributed by atoms with Crippen molar-refractivity contribution in [3.8, 4) is 0 Å². The Bertz CT molecular complexity index is 1440. The number of hydrogen-bond donors (Lipinski definition) is 1. The highest BCUT2D eigenvalue weighted by Gasteiger charge is 2.40. The van der Waals surface area contributed by atoms with Gasteiger partial charge in [-0.05, 0) is 48.7 Å². The van der Waals surface area contributed by atoms with E-state index in [9.17, 15) is 18.0 Å². The number of carbonyl (C=O) groups is 1. The average molecular weight is 628 g/mol. The van der Waals surface area contributed by atoms with Gasteiger partial charge in [-0.1, -0.05) is 59.3 Å². The molecular formula is C25H27ClIN3O4S. The van der Waals surface area contributed by atoms with Crippen LogP contribution in [-0.2, 0) is 21.9 Å². The third kappa shape index (κ3) is 5.58. The minimum atomic E-state index is -3.57. The van der Waals surface area contributed by atoms with Crippen LogP contribution in [0.2, 0.25) is 5.02 Å². The second kappa shape index (κ2) is 10.2. The number of nitrogens with one attached hydrogen (secondary N) is 1. The van der Waals surface area contributed by atoms with E-state index in [0.29, 0.717) is 22.6 Å². The number of halogens is 2. The Morgan fingerprint density at radius 1 is 1.14 bits per heavy atom. The van der Waals surface area contributed by atoms with Crippen LogP contribution in [0.3, 0.4) is 0 Å². The fourth-order valence-electron chi connectivity index (χ4n) is 4.70. The molecule has 10 heteroatoms. The number of fused-ring (bicyclic) bond motifs is 1. The molecule has 1 aliphatic rings. The van der Waals surface area contributed by atoms with E-state index in [1.807, 2.05) is 44.2 Å². The topological polar surface area (TPSA) is 88.5 Å². The summed E-state index contributed by atoms with van der Waals surface area (Å²) in [6.45, 7) is 3.72. The van der Waals surface area contributed by atoms with Crippen molar-refractivity contribution >= 4 is 66.7 Å². The van der Waals surface area contributed by atoms with E-state index in [-0.39, 0.29) is 27.6 Å². The van der Waals surface area contributed by atoms with E-state index in [2.05, 4.69) is 27.3 Å². The first-order valence-electron chi connectivity index (χ1n) is 11.3. The standard InChI is InChI=1S/C25H27ClIN3O4S/c1-15-12-24(32)29(3)22-13-19(8-9-20(15)22)30-23(31)11-10-21(28-35(33,34)14-16(2)27)25(30)17-4-6-18(26)7-5-17/h4-9,12-13,16,21,25,28H,10-11,14H2,1-3H3/t16?,21-,25+/m0/s1. The molecule has 0 saturated carbocycles. The van der Waals surface area contributed by atoms with Gasteiger partial charge in [0.1, 0.15) is 0 Å². The number of aryl methyl sites for hydroxylation is 2. The molecule has 0 radical (unpaired) electrons. The Balaban J connectivity index is 1.86. The first-order chi connectivity index (χ1) is 16.5. The molecule has 1 aliphatic heterocycles. The van der Waals surface area contributed by atoms with Gasteiger partial charge in [0.25, 0.3) is 5.56 Å². The third-order valence-corrected chi connectivity index (χ3v) is 9.20. The maximum absolute atomic E-state index is 13.3. The lowest BCUT2D eigenvalue weighted by molar-refractivity contribution is -0.120. The monoisotopic (exact) mass is 627 g/mol. The zero-order chi connectivity index (χ0) is 25.5. The van der Waals surface area contributed by atoms with Gasteiger partial charge in [0.15, 0.2) is 0 Å². The van der Waals surface area contributed by atoms with Crippen molar-refractivity contribution in [1.29, 1.82) is 0 Å². The Morgan fingerprint density at radius 3 is 2.49 bits per heavy atom. The molecule has 35 heavy (non-hydrogen) atoms. The summed E-state index contributed by atoms with van der Waals surface area (Å²) in [5.41, 5.74) is 2.80. The number of benzene rings is 2. The first-order valence-corrected chi connectivity index (χ1v) is 14.6. The van der Waals surface area contributed by atoms with Crippen molar-refractivity contribution in [2.45, 2.75) is 42.7 Å². The van der Waals surface area contributed by atoms with Gasteiger partial charge >= 0.3 is 0 Å². The maximum atomic E-state index is 13.3. The molecule has 3 aromatic rings. The highest BCUT2D eigenvalue weighted by molar-refractivity contribution is 14.1. The summed E-state index contributed by atoms with van der Waals surface area (Å²) in [5.74, 6) is -0.123. The number of piperidine rings is 1. The maximum Gasteiger partial charge on any atom is 0.251 e. The molecule has 0 spiro atoms. The molecule has 7 nitrogen and oxygen atoms in total. The lowest BCUT2D eigenvalue weighted by atomic mass is 9.90. The van der Waals surface area contributed by atoms with Gasteiger partial charge in [0.2, 0.25) is 15.9 Å². The number of aromatic nitrogens is 1. The Hall–Kier alpha value is -1.95. The fourth-order valence-corrected chi connectivity index (χ4v) is 7.66. The minimum Gasteiger partial charge on any atom is -0.311 e. The van der Waals surface area contributed by atoms with Crippen molar-refractivity contribution in [2.24, 2.45) is 7.05 Å². The predicted octanol–water partition coefficient (Wildman–Crippen LogP) is 4.48. The van der Waals surface area contributed by atoms with Crippen LogP contribution in [0.15, 0.2) is 53.3 Å². The Morgan fingerprint density at radius 2 is 1.83 bits per heavy atom.